The highest BCUT2D eigenvalue weighted by atomic mass is 19.1. The van der Waals surface area contributed by atoms with E-state index in [0.29, 0.717) is 28.7 Å². The van der Waals surface area contributed by atoms with Crippen LogP contribution in [0.1, 0.15) is 5.56 Å². The number of nitrogens with zero attached hydrogens (tertiary/aromatic N) is 5. The molecule has 3 N–H and O–H groups in total. The molecular weight excluding hydrogens is 459 g/mol. The number of aryl methyl sites for hydroxylation is 1. The predicted molar refractivity (Wildman–Crippen MR) is 140 cm³/mol. The molecule has 0 aliphatic heterocycles. The topological polar surface area (TPSA) is 100 Å². The molecule has 9 nitrogen and oxygen atoms in total. The van der Waals surface area contributed by atoms with Crippen LogP contribution in [0.2, 0.25) is 0 Å². The van der Waals surface area contributed by atoms with Gasteiger partial charge in [-0.25, -0.2) is 9.37 Å². The molecule has 0 aliphatic rings. The summed E-state index contributed by atoms with van der Waals surface area (Å²) in [5, 5.41) is 13.0. The number of anilines is 5. The molecule has 36 heavy (non-hydrogen) atoms. The average Bonchev–Trinajstić information content (AvgIpc) is 3.25. The van der Waals surface area contributed by atoms with Gasteiger partial charge in [0.15, 0.2) is 0 Å². The smallest absolute Gasteiger partial charge is 0.247 e. The Kier molecular flexibility index (Phi) is 7.36. The van der Waals surface area contributed by atoms with Crippen LogP contribution in [0.25, 0.3) is 11.1 Å². The van der Waals surface area contributed by atoms with Crippen molar-refractivity contribution < 1.29 is 9.18 Å². The van der Waals surface area contributed by atoms with Crippen LogP contribution in [0.3, 0.4) is 0 Å². The monoisotopic (exact) mass is 486 g/mol. The number of rotatable bonds is 9. The van der Waals surface area contributed by atoms with Gasteiger partial charge in [-0.2, -0.15) is 10.1 Å². The van der Waals surface area contributed by atoms with E-state index in [9.17, 15) is 9.18 Å². The van der Waals surface area contributed by atoms with Crippen molar-refractivity contribution in [3.63, 3.8) is 0 Å². The van der Waals surface area contributed by atoms with Gasteiger partial charge in [-0.05, 0) is 55.6 Å². The molecule has 0 atom stereocenters. The van der Waals surface area contributed by atoms with Crippen LogP contribution in [-0.2, 0) is 18.4 Å². The summed E-state index contributed by atoms with van der Waals surface area (Å²) >= 11 is 0. The van der Waals surface area contributed by atoms with Crippen molar-refractivity contribution in [2.24, 2.45) is 7.05 Å². The predicted octanol–water partition coefficient (Wildman–Crippen LogP) is 4.69. The molecule has 184 valence electrons. The van der Waals surface area contributed by atoms with E-state index >= 15 is 0 Å². The van der Waals surface area contributed by atoms with Gasteiger partial charge in [0, 0.05) is 37.2 Å². The van der Waals surface area contributed by atoms with Gasteiger partial charge in [-0.3, -0.25) is 9.48 Å². The van der Waals surface area contributed by atoms with E-state index in [0.717, 1.165) is 23.7 Å². The Labute approximate surface area is 208 Å². The Morgan fingerprint density at radius 1 is 1.14 bits per heavy atom. The van der Waals surface area contributed by atoms with Crippen LogP contribution in [-0.4, -0.2) is 44.7 Å². The van der Waals surface area contributed by atoms with Gasteiger partial charge in [0.2, 0.25) is 11.9 Å². The molecule has 10 heteroatoms. The lowest BCUT2D eigenvalue weighted by atomic mass is 10.0. The second-order valence-corrected chi connectivity index (χ2v) is 8.43. The maximum Gasteiger partial charge on any atom is 0.247 e. The summed E-state index contributed by atoms with van der Waals surface area (Å²) < 4.78 is 16.5. The van der Waals surface area contributed by atoms with Gasteiger partial charge >= 0.3 is 0 Å². The third-order valence-corrected chi connectivity index (χ3v) is 5.16. The van der Waals surface area contributed by atoms with Crippen molar-refractivity contribution in [2.45, 2.75) is 6.54 Å². The van der Waals surface area contributed by atoms with Gasteiger partial charge in [0.05, 0.1) is 17.6 Å². The molecule has 0 saturated heterocycles. The minimum absolute atomic E-state index is 0.147. The molecule has 4 aromatic rings. The van der Waals surface area contributed by atoms with Crippen molar-refractivity contribution in [3.05, 3.63) is 85.1 Å². The Hall–Kier alpha value is -4.57. The summed E-state index contributed by atoms with van der Waals surface area (Å²) in [6.07, 6.45) is 6.28. The first-order chi connectivity index (χ1) is 17.3. The first-order valence-corrected chi connectivity index (χ1v) is 11.2. The fourth-order valence-electron chi connectivity index (χ4n) is 3.59. The van der Waals surface area contributed by atoms with Gasteiger partial charge in [0.1, 0.15) is 11.6 Å². The molecule has 2 aromatic heterocycles. The Bertz CT molecular complexity index is 1400. The fourth-order valence-corrected chi connectivity index (χ4v) is 3.59. The largest absolute Gasteiger partial charge is 0.337 e. The summed E-state index contributed by atoms with van der Waals surface area (Å²) in [5.41, 5.74) is 3.95. The number of aromatic nitrogens is 4. The lowest BCUT2D eigenvalue weighted by Gasteiger charge is -2.16. The van der Waals surface area contributed by atoms with Crippen LogP contribution in [0.4, 0.5) is 33.2 Å². The van der Waals surface area contributed by atoms with Gasteiger partial charge < -0.3 is 20.9 Å². The zero-order valence-corrected chi connectivity index (χ0v) is 20.3. The zero-order valence-electron chi connectivity index (χ0n) is 20.3. The van der Waals surface area contributed by atoms with Gasteiger partial charge in [-0.1, -0.05) is 24.8 Å². The van der Waals surface area contributed by atoms with Gasteiger partial charge in [-0.15, -0.1) is 0 Å². The van der Waals surface area contributed by atoms with Crippen molar-refractivity contribution >= 4 is 34.7 Å². The summed E-state index contributed by atoms with van der Waals surface area (Å²) in [5.74, 6) is -0.185. The number of hydrogen-bond acceptors (Lipinski definition) is 7. The molecule has 4 rings (SSSR count). The third kappa shape index (κ3) is 6.10. The van der Waals surface area contributed by atoms with Crippen LogP contribution < -0.4 is 16.0 Å². The summed E-state index contributed by atoms with van der Waals surface area (Å²) in [7, 11) is 5.81. The highest BCUT2D eigenvalue weighted by Crippen LogP contribution is 2.32. The molecular formula is C26H27FN8O. The Morgan fingerprint density at radius 3 is 2.69 bits per heavy atom. The molecule has 2 aromatic carbocycles. The highest BCUT2D eigenvalue weighted by Gasteiger charge is 2.14. The number of halogens is 1. The summed E-state index contributed by atoms with van der Waals surface area (Å²) in [4.78, 5) is 22.9. The number of benzene rings is 2. The van der Waals surface area contributed by atoms with Crippen LogP contribution >= 0.6 is 0 Å². The average molecular weight is 487 g/mol. The summed E-state index contributed by atoms with van der Waals surface area (Å²) in [6, 6.07) is 12.3. The second-order valence-electron chi connectivity index (χ2n) is 8.43. The van der Waals surface area contributed by atoms with Crippen molar-refractivity contribution in [1.29, 1.82) is 0 Å². The molecule has 1 amide bonds. The molecule has 0 unspecified atom stereocenters. The minimum Gasteiger partial charge on any atom is -0.337 e. The number of hydrogen-bond donors (Lipinski definition) is 3. The van der Waals surface area contributed by atoms with Crippen LogP contribution in [0.5, 0.6) is 0 Å². The lowest BCUT2D eigenvalue weighted by Crippen LogP contribution is -2.10. The SMILES string of the molecule is C=CC(=O)Nc1ccc(F)c(Nc2nc(Nc3cnn(C)c3)ncc2-c2cccc(CN(C)C)c2)c1. The number of carbonyl (C=O) groups excluding carboxylic acids is 1. The molecule has 0 fully saturated rings. The van der Waals surface area contributed by atoms with Gasteiger partial charge in [0.25, 0.3) is 0 Å². The molecule has 0 bridgehead atoms. The zero-order chi connectivity index (χ0) is 25.7. The molecule has 0 aliphatic carbocycles. The standard InChI is InChI=1S/C26H27FN8O/c1-5-24(36)30-19-9-10-22(27)23(12-19)32-25-21(18-8-6-7-17(11-18)15-34(2)3)14-28-26(33-25)31-20-13-29-35(4)16-20/h5-14,16H,1,15H2,2-4H3,(H,30,36)(H2,28,31,32,33). The fraction of sp³-hybridized carbons (Fsp3) is 0.154. The van der Waals surface area contributed by atoms with E-state index in [-0.39, 0.29) is 5.69 Å². The number of amides is 1. The van der Waals surface area contributed by atoms with Crippen molar-refractivity contribution in [3.8, 4) is 11.1 Å². The van der Waals surface area contributed by atoms with Crippen molar-refractivity contribution in [2.75, 3.05) is 30.0 Å². The van der Waals surface area contributed by atoms with Crippen molar-refractivity contribution in [1.82, 2.24) is 24.6 Å². The van der Waals surface area contributed by atoms with E-state index in [1.165, 1.54) is 18.2 Å². The quantitative estimate of drug-likeness (QED) is 0.295. The molecule has 0 spiro atoms. The normalized spacial score (nSPS) is 10.8. The number of carbonyl (C=O) groups is 1. The van der Waals surface area contributed by atoms with Crippen LogP contribution in [0, 0.1) is 5.82 Å². The minimum atomic E-state index is -0.501. The Morgan fingerprint density at radius 2 is 1.97 bits per heavy atom. The lowest BCUT2D eigenvalue weighted by molar-refractivity contribution is -0.111. The first kappa shape index (κ1) is 24.6. The number of nitrogens with one attached hydrogen (secondary N) is 3. The van der Waals surface area contributed by atoms with E-state index in [2.05, 4.69) is 48.6 Å². The van der Waals surface area contributed by atoms with E-state index in [1.807, 2.05) is 39.3 Å². The highest BCUT2D eigenvalue weighted by molar-refractivity contribution is 5.99. The maximum absolute atomic E-state index is 14.8. The van der Waals surface area contributed by atoms with E-state index in [4.69, 9.17) is 0 Å². The molecule has 0 saturated carbocycles. The first-order valence-electron chi connectivity index (χ1n) is 11.2. The summed E-state index contributed by atoms with van der Waals surface area (Å²) in [6.45, 7) is 4.21. The van der Waals surface area contributed by atoms with Crippen LogP contribution in [0.15, 0.2) is 73.7 Å². The van der Waals surface area contributed by atoms with E-state index in [1.54, 1.807) is 23.3 Å². The second kappa shape index (κ2) is 10.8. The maximum atomic E-state index is 14.8. The molecule has 0 radical (unpaired) electrons. The third-order valence-electron chi connectivity index (χ3n) is 5.16. The van der Waals surface area contributed by atoms with E-state index < -0.39 is 11.7 Å². The Balaban J connectivity index is 1.74. The molecule has 2 heterocycles.